The summed E-state index contributed by atoms with van der Waals surface area (Å²) in [5, 5.41) is 20.0. The zero-order valence-corrected chi connectivity index (χ0v) is 23.2. The van der Waals surface area contributed by atoms with Gasteiger partial charge in [0.2, 0.25) is 11.7 Å². The molecule has 35 heavy (non-hydrogen) atoms. The summed E-state index contributed by atoms with van der Waals surface area (Å²) in [6, 6.07) is -0.400. The van der Waals surface area contributed by atoms with Gasteiger partial charge in [-0.15, -0.1) is 11.3 Å². The zero-order valence-electron chi connectivity index (χ0n) is 21.4. The van der Waals surface area contributed by atoms with E-state index in [-0.39, 0.29) is 35.0 Å². The topological polar surface area (TPSA) is 121 Å². The van der Waals surface area contributed by atoms with E-state index in [2.05, 4.69) is 38.8 Å². The summed E-state index contributed by atoms with van der Waals surface area (Å²) in [6.07, 6.45) is 0.923. The van der Waals surface area contributed by atoms with Gasteiger partial charge in [0, 0.05) is 17.7 Å². The van der Waals surface area contributed by atoms with Crippen molar-refractivity contribution in [3.05, 3.63) is 28.3 Å². The Balaban J connectivity index is 1.71. The molecule has 0 saturated carbocycles. The summed E-state index contributed by atoms with van der Waals surface area (Å²) >= 11 is 1.29. The number of nitrogens with zero attached hydrogens (tertiary/aromatic N) is 3. The van der Waals surface area contributed by atoms with Gasteiger partial charge in [0.25, 0.3) is 0 Å². The smallest absolute Gasteiger partial charge is 0.352 e. The Labute approximate surface area is 209 Å². The van der Waals surface area contributed by atoms with Gasteiger partial charge in [-0.05, 0) is 32.0 Å². The van der Waals surface area contributed by atoms with E-state index in [0.29, 0.717) is 26.8 Å². The molecular weight excluding hydrogens is 486 g/mol. The van der Waals surface area contributed by atoms with Crippen LogP contribution < -0.4 is 0 Å². The van der Waals surface area contributed by atoms with Gasteiger partial charge in [-0.3, -0.25) is 14.0 Å². The maximum absolute atomic E-state index is 13.1. The number of aliphatic hydroxyl groups excluding tert-OH is 1. The first-order chi connectivity index (χ1) is 16.1. The maximum atomic E-state index is 13.1. The lowest BCUT2D eigenvalue weighted by Gasteiger charge is -2.46. The summed E-state index contributed by atoms with van der Waals surface area (Å²) in [7, 11) is -2.12. The number of carboxylic acids is 1. The Kier molecular flexibility index (Phi) is 6.15. The summed E-state index contributed by atoms with van der Waals surface area (Å²) in [4.78, 5) is 45.1. The van der Waals surface area contributed by atoms with Gasteiger partial charge in [-0.1, -0.05) is 27.7 Å². The number of β-lactam (4-membered cyclic amide) rings is 1. The van der Waals surface area contributed by atoms with E-state index in [0.717, 1.165) is 0 Å². The number of aromatic nitrogens is 2. The molecule has 0 bridgehead atoms. The Morgan fingerprint density at radius 1 is 1.31 bits per heavy atom. The predicted molar refractivity (Wildman–Crippen MR) is 135 cm³/mol. The Morgan fingerprint density at radius 3 is 2.49 bits per heavy atom. The van der Waals surface area contributed by atoms with Crippen LogP contribution in [0.2, 0.25) is 18.1 Å². The normalized spacial score (nSPS) is 23.6. The van der Waals surface area contributed by atoms with Crippen LogP contribution >= 0.6 is 11.3 Å². The first-order valence-corrected chi connectivity index (χ1v) is 15.5. The molecule has 0 aromatic carbocycles. The first-order valence-electron chi connectivity index (χ1n) is 11.7. The fraction of sp³-hybridized carbons (Fsp3) is 0.583. The number of Topliss-reactive ketones (excluding diaryl/α,β-unsaturated/α-hetero) is 1. The van der Waals surface area contributed by atoms with Crippen molar-refractivity contribution in [3.8, 4) is 0 Å². The molecule has 2 aromatic rings. The van der Waals surface area contributed by atoms with Crippen LogP contribution in [0.25, 0.3) is 10.4 Å². The van der Waals surface area contributed by atoms with Crippen LogP contribution in [0.5, 0.6) is 0 Å². The third-order valence-electron chi connectivity index (χ3n) is 7.77. The van der Waals surface area contributed by atoms with Crippen LogP contribution in [0.15, 0.2) is 11.9 Å². The van der Waals surface area contributed by atoms with Gasteiger partial charge in [0.1, 0.15) is 22.0 Å². The first kappa shape index (κ1) is 25.7. The van der Waals surface area contributed by atoms with Gasteiger partial charge in [0.05, 0.1) is 29.5 Å². The molecule has 0 aliphatic carbocycles. The van der Waals surface area contributed by atoms with Gasteiger partial charge in [-0.2, -0.15) is 0 Å². The SMILES string of the molecule is Cc1nc(C(=O)CO[Si](C)(C)C(C)(C)C)c2sc(C3=C(C(=O)O)N4C(=O)[C@H]([C@@H](C)O)[C@H]4[C@H]3C)cn12. The van der Waals surface area contributed by atoms with E-state index in [4.69, 9.17) is 4.43 Å². The number of ketones is 1. The number of carbonyl (C=O) groups excluding carboxylic acids is 2. The van der Waals surface area contributed by atoms with Crippen molar-refractivity contribution in [1.82, 2.24) is 14.3 Å². The Bertz CT molecular complexity index is 1270. The zero-order chi connectivity index (χ0) is 26.2. The number of hydrogen-bond acceptors (Lipinski definition) is 7. The van der Waals surface area contributed by atoms with Gasteiger partial charge in [0.15, 0.2) is 8.32 Å². The molecule has 1 fully saturated rings. The molecule has 4 heterocycles. The molecule has 0 spiro atoms. The van der Waals surface area contributed by atoms with E-state index in [1.807, 2.05) is 6.92 Å². The molecule has 0 radical (unpaired) electrons. The number of aliphatic hydroxyl groups is 1. The highest BCUT2D eigenvalue weighted by Gasteiger charge is 2.60. The molecule has 11 heteroatoms. The summed E-state index contributed by atoms with van der Waals surface area (Å²) in [5.74, 6) is -2.06. The number of fused-ring (bicyclic) bond motifs is 2. The third-order valence-corrected chi connectivity index (χ3v) is 13.4. The highest BCUT2D eigenvalue weighted by Crippen LogP contribution is 2.51. The fourth-order valence-corrected chi connectivity index (χ4v) is 6.98. The molecule has 4 atom stereocenters. The lowest BCUT2D eigenvalue weighted by atomic mass is 9.77. The number of carboxylic acid groups (broad SMARTS) is 1. The second-order valence-electron chi connectivity index (χ2n) is 11.1. The Hall–Kier alpha value is -2.34. The van der Waals surface area contributed by atoms with Crippen molar-refractivity contribution in [1.29, 1.82) is 0 Å². The maximum Gasteiger partial charge on any atom is 0.352 e. The van der Waals surface area contributed by atoms with Gasteiger partial charge >= 0.3 is 5.97 Å². The largest absolute Gasteiger partial charge is 0.477 e. The highest BCUT2D eigenvalue weighted by molar-refractivity contribution is 7.18. The van der Waals surface area contributed by atoms with Gasteiger partial charge in [-0.25, -0.2) is 9.78 Å². The minimum absolute atomic E-state index is 0.0306. The highest BCUT2D eigenvalue weighted by atomic mass is 32.1. The third kappa shape index (κ3) is 3.89. The number of amides is 1. The van der Waals surface area contributed by atoms with E-state index < -0.39 is 32.4 Å². The van der Waals surface area contributed by atoms with E-state index in [1.165, 1.54) is 16.2 Å². The molecule has 190 valence electrons. The summed E-state index contributed by atoms with van der Waals surface area (Å²) in [5.41, 5.74) is 0.804. The summed E-state index contributed by atoms with van der Waals surface area (Å²) < 4.78 is 7.91. The van der Waals surface area contributed by atoms with Crippen molar-refractivity contribution >= 4 is 47.7 Å². The van der Waals surface area contributed by atoms with Crippen LogP contribution in [-0.4, -0.2) is 69.2 Å². The number of aliphatic carboxylic acids is 1. The Morgan fingerprint density at radius 2 is 1.94 bits per heavy atom. The van der Waals surface area contributed by atoms with Crippen molar-refractivity contribution in [2.45, 2.75) is 71.8 Å². The minimum Gasteiger partial charge on any atom is -0.477 e. The fourth-order valence-electron chi connectivity index (χ4n) is 4.75. The average Bonchev–Trinajstić information content (AvgIpc) is 3.35. The summed E-state index contributed by atoms with van der Waals surface area (Å²) in [6.45, 7) is 15.7. The second kappa shape index (κ2) is 8.36. The number of thiazole rings is 1. The van der Waals surface area contributed by atoms with E-state index in [1.54, 1.807) is 24.4 Å². The monoisotopic (exact) mass is 519 g/mol. The van der Waals surface area contributed by atoms with Crippen molar-refractivity contribution in [2.75, 3.05) is 6.61 Å². The number of imidazole rings is 1. The number of rotatable bonds is 7. The van der Waals surface area contributed by atoms with Crippen LogP contribution in [0.1, 0.15) is 55.8 Å². The molecule has 4 rings (SSSR count). The standard InChI is InChI=1S/C24H33N3O6SSi/c1-11-16(20(23(31)32)27-19(11)17(12(2)28)21(27)30)15-9-26-13(3)25-18(22(26)34-15)14(29)10-33-35(7,8)24(4,5)6/h9,11-12,17,19,28H,10H2,1-8H3,(H,31,32)/t11-,12+,17+,19+/m0/s1. The minimum atomic E-state index is -2.12. The van der Waals surface area contributed by atoms with Crippen LogP contribution in [-0.2, 0) is 14.0 Å². The van der Waals surface area contributed by atoms with Crippen molar-refractivity contribution in [2.24, 2.45) is 11.8 Å². The van der Waals surface area contributed by atoms with Crippen molar-refractivity contribution in [3.63, 3.8) is 0 Å². The molecule has 2 N–H and O–H groups in total. The molecule has 2 aliphatic heterocycles. The number of carbonyl (C=O) groups is 3. The van der Waals surface area contributed by atoms with E-state index >= 15 is 0 Å². The molecule has 1 saturated heterocycles. The molecule has 0 unspecified atom stereocenters. The lowest BCUT2D eigenvalue weighted by molar-refractivity contribution is -0.163. The molecule has 2 aliphatic rings. The average molecular weight is 520 g/mol. The van der Waals surface area contributed by atoms with Crippen LogP contribution in [0.4, 0.5) is 0 Å². The van der Waals surface area contributed by atoms with Crippen molar-refractivity contribution < 1.29 is 29.0 Å². The van der Waals surface area contributed by atoms with E-state index in [9.17, 15) is 24.6 Å². The molecule has 2 aromatic heterocycles. The van der Waals surface area contributed by atoms with Crippen LogP contribution in [0, 0.1) is 18.8 Å². The van der Waals surface area contributed by atoms with Gasteiger partial charge < -0.3 is 19.5 Å². The quantitative estimate of drug-likeness (QED) is 0.326. The lowest BCUT2D eigenvalue weighted by Crippen LogP contribution is -2.63. The second-order valence-corrected chi connectivity index (χ2v) is 16.9. The van der Waals surface area contributed by atoms with Crippen LogP contribution in [0.3, 0.4) is 0 Å². The number of aryl methyl sites for hydroxylation is 1. The molecule has 9 nitrogen and oxygen atoms in total. The predicted octanol–water partition coefficient (Wildman–Crippen LogP) is 3.56. The molecular formula is C24H33N3O6SSi. The number of hydrogen-bond donors (Lipinski definition) is 2. The molecule has 1 amide bonds.